The number of hydrogen-bond acceptors (Lipinski definition) is 2. The summed E-state index contributed by atoms with van der Waals surface area (Å²) < 4.78 is 0. The smallest absolute Gasteiger partial charge is 0.108 e. The lowest BCUT2D eigenvalue weighted by Crippen LogP contribution is -2.18. The fourth-order valence-electron chi connectivity index (χ4n) is 1.84. The van der Waals surface area contributed by atoms with Crippen molar-refractivity contribution >= 4 is 11.6 Å². The lowest BCUT2D eigenvalue weighted by atomic mass is 10.1. The summed E-state index contributed by atoms with van der Waals surface area (Å²) in [7, 11) is 0. The SMILES string of the molecule is Cc1[nH]c(CC(C)N)nc1-c1cccc(Cl)c1. The number of aryl methyl sites for hydroxylation is 1. The van der Waals surface area contributed by atoms with Crippen LogP contribution in [0.4, 0.5) is 0 Å². The predicted molar refractivity (Wildman–Crippen MR) is 71.1 cm³/mol. The maximum atomic E-state index is 5.98. The van der Waals surface area contributed by atoms with Gasteiger partial charge in [0.15, 0.2) is 0 Å². The highest BCUT2D eigenvalue weighted by atomic mass is 35.5. The van der Waals surface area contributed by atoms with Crippen LogP contribution < -0.4 is 5.73 Å². The van der Waals surface area contributed by atoms with Crippen LogP contribution in [0, 0.1) is 6.92 Å². The van der Waals surface area contributed by atoms with Gasteiger partial charge in [0.1, 0.15) is 5.82 Å². The molecule has 3 N–H and O–H groups in total. The molecular formula is C13H16ClN3. The van der Waals surface area contributed by atoms with Gasteiger partial charge in [-0.25, -0.2) is 4.98 Å². The first-order chi connectivity index (χ1) is 8.06. The van der Waals surface area contributed by atoms with Crippen molar-refractivity contribution in [2.75, 3.05) is 0 Å². The molecule has 0 radical (unpaired) electrons. The fourth-order valence-corrected chi connectivity index (χ4v) is 2.03. The fraction of sp³-hybridized carbons (Fsp3) is 0.308. The Bertz CT molecular complexity index is 517. The number of nitrogens with one attached hydrogen (secondary N) is 1. The summed E-state index contributed by atoms with van der Waals surface area (Å²) in [5, 5.41) is 0.721. The molecule has 2 rings (SSSR count). The van der Waals surface area contributed by atoms with Gasteiger partial charge in [0, 0.05) is 28.7 Å². The number of H-pyrrole nitrogens is 1. The predicted octanol–water partition coefficient (Wildman–Crippen LogP) is 2.93. The Morgan fingerprint density at radius 2 is 2.24 bits per heavy atom. The Labute approximate surface area is 106 Å². The second-order valence-corrected chi connectivity index (χ2v) is 4.79. The molecule has 0 saturated carbocycles. The van der Waals surface area contributed by atoms with Crippen LogP contribution in [0.5, 0.6) is 0 Å². The second kappa shape index (κ2) is 4.90. The van der Waals surface area contributed by atoms with Gasteiger partial charge in [-0.2, -0.15) is 0 Å². The number of nitrogens with two attached hydrogens (primary N) is 1. The zero-order valence-corrected chi connectivity index (χ0v) is 10.8. The van der Waals surface area contributed by atoms with Gasteiger partial charge in [0.25, 0.3) is 0 Å². The highest BCUT2D eigenvalue weighted by Crippen LogP contribution is 2.24. The van der Waals surface area contributed by atoms with Crippen molar-refractivity contribution in [3.63, 3.8) is 0 Å². The molecule has 0 aliphatic rings. The first-order valence-corrected chi connectivity index (χ1v) is 6.01. The van der Waals surface area contributed by atoms with Crippen LogP contribution in [0.15, 0.2) is 24.3 Å². The largest absolute Gasteiger partial charge is 0.346 e. The molecule has 0 bridgehead atoms. The van der Waals surface area contributed by atoms with Crippen LogP contribution in [-0.4, -0.2) is 16.0 Å². The minimum Gasteiger partial charge on any atom is -0.346 e. The quantitative estimate of drug-likeness (QED) is 0.879. The molecule has 1 unspecified atom stereocenters. The number of aromatic amines is 1. The topological polar surface area (TPSA) is 54.7 Å². The molecule has 2 aromatic rings. The zero-order chi connectivity index (χ0) is 12.4. The van der Waals surface area contributed by atoms with Crippen molar-refractivity contribution in [1.29, 1.82) is 0 Å². The van der Waals surface area contributed by atoms with Crippen molar-refractivity contribution in [2.45, 2.75) is 26.3 Å². The normalized spacial score (nSPS) is 12.7. The first-order valence-electron chi connectivity index (χ1n) is 5.63. The minimum absolute atomic E-state index is 0.104. The number of nitrogens with zero attached hydrogens (tertiary/aromatic N) is 1. The Hall–Kier alpha value is -1.32. The van der Waals surface area contributed by atoms with E-state index in [1.807, 2.05) is 38.1 Å². The van der Waals surface area contributed by atoms with E-state index in [2.05, 4.69) is 9.97 Å². The van der Waals surface area contributed by atoms with E-state index in [4.69, 9.17) is 17.3 Å². The van der Waals surface area contributed by atoms with Crippen LogP contribution in [0.3, 0.4) is 0 Å². The summed E-state index contributed by atoms with van der Waals surface area (Å²) in [5.41, 5.74) is 8.79. The van der Waals surface area contributed by atoms with Crippen LogP contribution in [0.1, 0.15) is 18.4 Å². The third kappa shape index (κ3) is 2.87. The average Bonchev–Trinajstić information content (AvgIpc) is 2.58. The Kier molecular flexibility index (Phi) is 3.50. The van der Waals surface area contributed by atoms with E-state index in [1.54, 1.807) is 0 Å². The molecule has 0 fully saturated rings. The molecular weight excluding hydrogens is 234 g/mol. The number of imidazole rings is 1. The van der Waals surface area contributed by atoms with Gasteiger partial charge >= 0.3 is 0 Å². The molecule has 17 heavy (non-hydrogen) atoms. The van der Waals surface area contributed by atoms with E-state index in [1.165, 1.54) is 0 Å². The zero-order valence-electron chi connectivity index (χ0n) is 10.00. The summed E-state index contributed by atoms with van der Waals surface area (Å²) >= 11 is 5.98. The molecule has 0 aliphatic heterocycles. The number of benzene rings is 1. The highest BCUT2D eigenvalue weighted by molar-refractivity contribution is 6.30. The first kappa shape index (κ1) is 12.1. The summed E-state index contributed by atoms with van der Waals surface area (Å²) in [4.78, 5) is 7.83. The molecule has 4 heteroatoms. The Morgan fingerprint density at radius 1 is 1.47 bits per heavy atom. The van der Waals surface area contributed by atoms with Crippen molar-refractivity contribution in [3.8, 4) is 11.3 Å². The Balaban J connectivity index is 2.36. The van der Waals surface area contributed by atoms with Gasteiger partial charge in [0.2, 0.25) is 0 Å². The van der Waals surface area contributed by atoms with Gasteiger partial charge in [-0.3, -0.25) is 0 Å². The molecule has 0 aliphatic carbocycles. The maximum Gasteiger partial charge on any atom is 0.108 e. The number of rotatable bonds is 3. The summed E-state index contributed by atoms with van der Waals surface area (Å²) in [6, 6.07) is 7.81. The number of hydrogen-bond donors (Lipinski definition) is 2. The Morgan fingerprint density at radius 3 is 2.88 bits per heavy atom. The molecule has 1 aromatic carbocycles. The maximum absolute atomic E-state index is 5.98. The van der Waals surface area contributed by atoms with Crippen molar-refractivity contribution in [1.82, 2.24) is 9.97 Å². The van der Waals surface area contributed by atoms with Crippen molar-refractivity contribution < 1.29 is 0 Å². The van der Waals surface area contributed by atoms with E-state index in [9.17, 15) is 0 Å². The van der Waals surface area contributed by atoms with Gasteiger partial charge in [0.05, 0.1) is 5.69 Å². The molecule has 0 spiro atoms. The monoisotopic (exact) mass is 249 g/mol. The van der Waals surface area contributed by atoms with Crippen molar-refractivity contribution in [2.24, 2.45) is 5.73 Å². The number of halogens is 1. The molecule has 1 aromatic heterocycles. The second-order valence-electron chi connectivity index (χ2n) is 4.35. The molecule has 0 amide bonds. The standard InChI is InChI=1S/C13H16ClN3/c1-8(15)6-12-16-9(2)13(17-12)10-4-3-5-11(14)7-10/h3-5,7-8H,6,15H2,1-2H3,(H,16,17). The third-order valence-electron chi connectivity index (χ3n) is 2.55. The summed E-state index contributed by atoms with van der Waals surface area (Å²) in [6.07, 6.45) is 0.751. The molecule has 0 saturated heterocycles. The number of aromatic nitrogens is 2. The van der Waals surface area contributed by atoms with Crippen LogP contribution in [0.2, 0.25) is 5.02 Å². The van der Waals surface area contributed by atoms with E-state index in [-0.39, 0.29) is 6.04 Å². The van der Waals surface area contributed by atoms with Crippen molar-refractivity contribution in [3.05, 3.63) is 40.8 Å². The van der Waals surface area contributed by atoms with Crippen LogP contribution in [-0.2, 0) is 6.42 Å². The van der Waals surface area contributed by atoms with Gasteiger partial charge in [-0.15, -0.1) is 0 Å². The van der Waals surface area contributed by atoms with Gasteiger partial charge < -0.3 is 10.7 Å². The lowest BCUT2D eigenvalue weighted by molar-refractivity contribution is 0.709. The van der Waals surface area contributed by atoms with E-state index in [0.29, 0.717) is 0 Å². The van der Waals surface area contributed by atoms with E-state index >= 15 is 0 Å². The van der Waals surface area contributed by atoms with Gasteiger partial charge in [-0.1, -0.05) is 23.7 Å². The molecule has 3 nitrogen and oxygen atoms in total. The van der Waals surface area contributed by atoms with E-state index in [0.717, 1.165) is 34.2 Å². The van der Waals surface area contributed by atoms with Gasteiger partial charge in [-0.05, 0) is 26.0 Å². The third-order valence-corrected chi connectivity index (χ3v) is 2.78. The minimum atomic E-state index is 0.104. The van der Waals surface area contributed by atoms with Crippen LogP contribution in [0.25, 0.3) is 11.3 Å². The molecule has 90 valence electrons. The summed E-state index contributed by atoms with van der Waals surface area (Å²) in [6.45, 7) is 3.98. The lowest BCUT2D eigenvalue weighted by Gasteiger charge is -2.00. The molecule has 1 atom stereocenters. The molecule has 1 heterocycles. The highest BCUT2D eigenvalue weighted by Gasteiger charge is 2.10. The summed E-state index contributed by atoms with van der Waals surface area (Å²) in [5.74, 6) is 0.924. The van der Waals surface area contributed by atoms with Crippen LogP contribution >= 0.6 is 11.6 Å². The average molecular weight is 250 g/mol. The van der Waals surface area contributed by atoms with E-state index < -0.39 is 0 Å².